The van der Waals surface area contributed by atoms with E-state index in [4.69, 9.17) is 4.74 Å². The molecule has 24 heavy (non-hydrogen) atoms. The number of nitrogens with zero attached hydrogens (tertiary/aromatic N) is 2. The summed E-state index contributed by atoms with van der Waals surface area (Å²) in [5.74, 6) is -0.445. The molecule has 0 bridgehead atoms. The second-order valence-electron chi connectivity index (χ2n) is 5.57. The average molecular weight is 368 g/mol. The van der Waals surface area contributed by atoms with Crippen molar-refractivity contribution < 1.29 is 14.3 Å². The Morgan fingerprint density at radius 1 is 1.21 bits per heavy atom. The Kier molecular flexibility index (Phi) is 6.68. The van der Waals surface area contributed by atoms with Crippen molar-refractivity contribution in [3.05, 3.63) is 22.1 Å². The van der Waals surface area contributed by atoms with Crippen LogP contribution < -0.4 is 10.6 Å². The number of aryl methyl sites for hydroxylation is 1. The summed E-state index contributed by atoms with van der Waals surface area (Å²) in [6.45, 7) is 6.55. The van der Waals surface area contributed by atoms with Gasteiger partial charge >= 0.3 is 5.97 Å². The monoisotopic (exact) mass is 368 g/mol. The maximum Gasteiger partial charge on any atom is 0.358 e. The van der Waals surface area contributed by atoms with Crippen LogP contribution in [-0.4, -0.2) is 35.0 Å². The zero-order valence-electron chi connectivity index (χ0n) is 13.8. The molecule has 2 rings (SSSR count). The number of esters is 1. The summed E-state index contributed by atoms with van der Waals surface area (Å²) in [5, 5.41) is 10.3. The van der Waals surface area contributed by atoms with Crippen LogP contribution in [-0.2, 0) is 9.53 Å². The van der Waals surface area contributed by atoms with Gasteiger partial charge in [-0.25, -0.2) is 14.8 Å². The second-order valence-corrected chi connectivity index (χ2v) is 7.28. The van der Waals surface area contributed by atoms with Crippen molar-refractivity contribution in [3.63, 3.8) is 0 Å². The molecule has 0 saturated carbocycles. The molecule has 1 amide bonds. The van der Waals surface area contributed by atoms with Crippen molar-refractivity contribution in [1.82, 2.24) is 9.97 Å². The molecule has 0 atom stereocenters. The molecular weight excluding hydrogens is 348 g/mol. The quantitative estimate of drug-likeness (QED) is 0.695. The number of carbonyl (C=O) groups excluding carboxylic acids is 2. The Bertz CT molecular complexity index is 696. The summed E-state index contributed by atoms with van der Waals surface area (Å²) in [7, 11) is 0. The number of nitrogens with one attached hydrogen (secondary N) is 2. The van der Waals surface area contributed by atoms with E-state index in [2.05, 4.69) is 34.4 Å². The van der Waals surface area contributed by atoms with Gasteiger partial charge in [-0.2, -0.15) is 0 Å². The second kappa shape index (κ2) is 8.74. The van der Waals surface area contributed by atoms with E-state index in [0.717, 1.165) is 18.7 Å². The van der Waals surface area contributed by atoms with Gasteiger partial charge in [-0.05, 0) is 19.3 Å². The zero-order valence-corrected chi connectivity index (χ0v) is 15.4. The molecule has 2 heterocycles. The molecule has 0 fully saturated rings. The molecule has 0 aromatic carbocycles. The van der Waals surface area contributed by atoms with Crippen LogP contribution in [0.5, 0.6) is 0 Å². The Labute approximate surface area is 148 Å². The number of anilines is 2. The molecule has 0 radical (unpaired) electrons. The molecule has 9 heteroatoms. The number of aromatic nitrogens is 2. The van der Waals surface area contributed by atoms with Gasteiger partial charge in [0.2, 0.25) is 0 Å². The highest BCUT2D eigenvalue weighted by atomic mass is 32.1. The maximum absolute atomic E-state index is 11.9. The first-order valence-electron chi connectivity index (χ1n) is 7.52. The third kappa shape index (κ3) is 5.89. The smallest absolute Gasteiger partial charge is 0.358 e. The van der Waals surface area contributed by atoms with Crippen molar-refractivity contribution in [1.29, 1.82) is 0 Å². The molecule has 2 aromatic rings. The molecule has 7 nitrogen and oxygen atoms in total. The van der Waals surface area contributed by atoms with E-state index in [0.29, 0.717) is 16.2 Å². The molecule has 2 aromatic heterocycles. The number of hydrogen-bond acceptors (Lipinski definition) is 8. The predicted molar refractivity (Wildman–Crippen MR) is 95.8 cm³/mol. The number of thiazole rings is 2. The van der Waals surface area contributed by atoms with Gasteiger partial charge in [0.1, 0.15) is 0 Å². The van der Waals surface area contributed by atoms with Crippen LogP contribution in [0.3, 0.4) is 0 Å². The molecule has 0 unspecified atom stereocenters. The molecular formula is C15H20N4O3S2. The first-order valence-corrected chi connectivity index (χ1v) is 9.28. The van der Waals surface area contributed by atoms with Crippen LogP contribution >= 0.6 is 22.7 Å². The van der Waals surface area contributed by atoms with Gasteiger partial charge in [0.15, 0.2) is 22.6 Å². The van der Waals surface area contributed by atoms with Crippen LogP contribution in [0.15, 0.2) is 10.8 Å². The molecule has 130 valence electrons. The van der Waals surface area contributed by atoms with Crippen LogP contribution in [0, 0.1) is 12.8 Å². The van der Waals surface area contributed by atoms with Gasteiger partial charge in [-0.15, -0.1) is 22.7 Å². The van der Waals surface area contributed by atoms with Gasteiger partial charge in [-0.1, -0.05) is 13.8 Å². The Hall–Kier alpha value is -2.00. The molecule has 2 N–H and O–H groups in total. The Balaban J connectivity index is 1.75. The average Bonchev–Trinajstić information content (AvgIpc) is 3.14. The van der Waals surface area contributed by atoms with Gasteiger partial charge in [-0.3, -0.25) is 10.1 Å². The fourth-order valence-electron chi connectivity index (χ4n) is 1.69. The summed E-state index contributed by atoms with van der Waals surface area (Å²) < 4.78 is 4.97. The minimum atomic E-state index is -0.617. The van der Waals surface area contributed by atoms with Gasteiger partial charge in [0.25, 0.3) is 5.91 Å². The summed E-state index contributed by atoms with van der Waals surface area (Å²) in [6, 6.07) is 0. The minimum Gasteiger partial charge on any atom is -0.451 e. The highest BCUT2D eigenvalue weighted by molar-refractivity contribution is 7.14. The van der Waals surface area contributed by atoms with Gasteiger partial charge in [0.05, 0.1) is 5.69 Å². The maximum atomic E-state index is 11.9. The largest absolute Gasteiger partial charge is 0.451 e. The Morgan fingerprint density at radius 2 is 1.96 bits per heavy atom. The van der Waals surface area contributed by atoms with E-state index in [1.54, 1.807) is 5.38 Å². The van der Waals surface area contributed by atoms with Crippen LogP contribution in [0.2, 0.25) is 0 Å². The first-order chi connectivity index (χ1) is 11.4. The van der Waals surface area contributed by atoms with E-state index < -0.39 is 11.9 Å². The highest BCUT2D eigenvalue weighted by Gasteiger charge is 2.14. The fraction of sp³-hybridized carbons (Fsp3) is 0.467. The molecule has 0 aliphatic heterocycles. The van der Waals surface area contributed by atoms with Gasteiger partial charge in [0, 0.05) is 17.3 Å². The van der Waals surface area contributed by atoms with Crippen LogP contribution in [0.4, 0.5) is 10.3 Å². The SMILES string of the molecule is Cc1csc(NC(=O)COC(=O)c2csc(NCCC(C)C)n2)n1. The van der Waals surface area contributed by atoms with E-state index in [9.17, 15) is 9.59 Å². The minimum absolute atomic E-state index is 0.199. The fourth-order valence-corrected chi connectivity index (χ4v) is 3.10. The molecule has 0 spiro atoms. The summed E-state index contributed by atoms with van der Waals surface area (Å²) in [6.07, 6.45) is 1.02. The summed E-state index contributed by atoms with van der Waals surface area (Å²) >= 11 is 2.66. The highest BCUT2D eigenvalue weighted by Crippen LogP contribution is 2.17. The van der Waals surface area contributed by atoms with Crippen molar-refractivity contribution in [2.24, 2.45) is 5.92 Å². The molecule has 0 aliphatic rings. The van der Waals surface area contributed by atoms with E-state index in [1.807, 2.05) is 12.3 Å². The van der Waals surface area contributed by atoms with E-state index >= 15 is 0 Å². The topological polar surface area (TPSA) is 93.2 Å². The number of hydrogen-bond donors (Lipinski definition) is 2. The van der Waals surface area contributed by atoms with Crippen LogP contribution in [0.25, 0.3) is 0 Å². The number of ether oxygens (including phenoxy) is 1. The van der Waals surface area contributed by atoms with Crippen molar-refractivity contribution in [3.8, 4) is 0 Å². The molecule has 0 saturated heterocycles. The first kappa shape index (κ1) is 18.3. The third-order valence-corrected chi connectivity index (χ3v) is 4.59. The van der Waals surface area contributed by atoms with Crippen LogP contribution in [0.1, 0.15) is 36.5 Å². The molecule has 0 aliphatic carbocycles. The lowest BCUT2D eigenvalue weighted by Gasteiger charge is -2.05. The number of rotatable bonds is 8. The normalized spacial score (nSPS) is 10.7. The number of amides is 1. The zero-order chi connectivity index (χ0) is 17.5. The summed E-state index contributed by atoms with van der Waals surface area (Å²) in [4.78, 5) is 31.9. The number of carbonyl (C=O) groups is 2. The van der Waals surface area contributed by atoms with Crippen molar-refractivity contribution >= 4 is 44.8 Å². The summed E-state index contributed by atoms with van der Waals surface area (Å²) in [5.41, 5.74) is 1.03. The van der Waals surface area contributed by atoms with Crippen molar-refractivity contribution in [2.75, 3.05) is 23.8 Å². The lowest BCUT2D eigenvalue weighted by Crippen LogP contribution is -2.21. The lowest BCUT2D eigenvalue weighted by atomic mass is 10.1. The standard InChI is InChI=1S/C15H20N4O3S2/c1-9(2)4-5-16-14-18-11(8-24-14)13(21)22-6-12(20)19-15-17-10(3)7-23-15/h7-9H,4-6H2,1-3H3,(H,16,18)(H,17,19,20). The third-order valence-electron chi connectivity index (χ3n) is 2.91. The van der Waals surface area contributed by atoms with E-state index in [1.165, 1.54) is 22.7 Å². The van der Waals surface area contributed by atoms with Crippen molar-refractivity contribution in [2.45, 2.75) is 27.2 Å². The lowest BCUT2D eigenvalue weighted by molar-refractivity contribution is -0.119. The Morgan fingerprint density at radius 3 is 2.62 bits per heavy atom. The van der Waals surface area contributed by atoms with E-state index in [-0.39, 0.29) is 12.3 Å². The predicted octanol–water partition coefficient (Wildman–Crippen LogP) is 3.16. The van der Waals surface area contributed by atoms with Gasteiger partial charge < -0.3 is 10.1 Å².